The first-order chi connectivity index (χ1) is 3.77. The summed E-state index contributed by atoms with van der Waals surface area (Å²) < 4.78 is 11.9. The fourth-order valence-corrected chi connectivity index (χ4v) is 0.616. The Kier molecular flexibility index (Phi) is 5.03. The van der Waals surface area contributed by atoms with Gasteiger partial charge in [0.15, 0.2) is 0 Å². The third kappa shape index (κ3) is 5.93. The monoisotopic (exact) mass is 117 g/mol. The predicted octanol–water partition coefficient (Wildman–Crippen LogP) is 2.74. The van der Waals surface area contributed by atoms with E-state index in [-0.39, 0.29) is 0 Å². The maximum atomic E-state index is 11.9. The van der Waals surface area contributed by atoms with Crippen LogP contribution in [-0.2, 0) is 0 Å². The Balaban J connectivity index is 2.72. The van der Waals surface area contributed by atoms with Crippen LogP contribution in [0.3, 0.4) is 0 Å². The van der Waals surface area contributed by atoms with E-state index in [0.29, 0.717) is 6.42 Å². The van der Waals surface area contributed by atoms with Crippen molar-refractivity contribution < 1.29 is 4.39 Å². The molecule has 0 rings (SSSR count). The lowest BCUT2D eigenvalue weighted by molar-refractivity contribution is 0.363. The van der Waals surface area contributed by atoms with Gasteiger partial charge >= 0.3 is 0 Å². The van der Waals surface area contributed by atoms with Crippen LogP contribution in [0.1, 0.15) is 32.6 Å². The van der Waals surface area contributed by atoms with Gasteiger partial charge in [-0.3, -0.25) is 0 Å². The molecule has 0 aromatic heterocycles. The molecular formula is C7H14F. The van der Waals surface area contributed by atoms with E-state index in [9.17, 15) is 4.39 Å². The molecule has 0 bridgehead atoms. The van der Waals surface area contributed by atoms with Crippen LogP contribution in [0.15, 0.2) is 0 Å². The molecule has 0 aromatic rings. The summed E-state index contributed by atoms with van der Waals surface area (Å²) in [5.74, 6) is 0. The van der Waals surface area contributed by atoms with E-state index in [2.05, 4.69) is 13.8 Å². The SMILES string of the molecule is [CH2][C@H](F)CCCCC. The first kappa shape index (κ1) is 7.93. The van der Waals surface area contributed by atoms with Gasteiger partial charge < -0.3 is 0 Å². The highest BCUT2D eigenvalue weighted by atomic mass is 19.1. The molecular weight excluding hydrogens is 103 g/mol. The zero-order valence-corrected chi connectivity index (χ0v) is 5.49. The third-order valence-corrected chi connectivity index (χ3v) is 1.12. The molecule has 0 aliphatic carbocycles. The number of hydrogen-bond acceptors (Lipinski definition) is 0. The maximum Gasteiger partial charge on any atom is 0.100 e. The normalized spacial score (nSPS) is 13.9. The summed E-state index contributed by atoms with van der Waals surface area (Å²) in [6, 6.07) is 0. The molecule has 0 fully saturated rings. The zero-order chi connectivity index (χ0) is 6.41. The summed E-state index contributed by atoms with van der Waals surface area (Å²) in [4.78, 5) is 0. The van der Waals surface area contributed by atoms with Crippen molar-refractivity contribution in [3.63, 3.8) is 0 Å². The van der Waals surface area contributed by atoms with E-state index < -0.39 is 6.17 Å². The molecule has 0 aliphatic heterocycles. The maximum absolute atomic E-state index is 11.9. The van der Waals surface area contributed by atoms with E-state index in [0.717, 1.165) is 19.3 Å². The third-order valence-electron chi connectivity index (χ3n) is 1.12. The zero-order valence-electron chi connectivity index (χ0n) is 5.49. The number of unbranched alkanes of at least 4 members (excludes halogenated alkanes) is 2. The van der Waals surface area contributed by atoms with Crippen molar-refractivity contribution in [1.29, 1.82) is 0 Å². The first-order valence-electron chi connectivity index (χ1n) is 3.24. The van der Waals surface area contributed by atoms with Gasteiger partial charge in [0.2, 0.25) is 0 Å². The topological polar surface area (TPSA) is 0 Å². The van der Waals surface area contributed by atoms with Crippen molar-refractivity contribution in [2.45, 2.75) is 38.8 Å². The van der Waals surface area contributed by atoms with Crippen molar-refractivity contribution in [3.05, 3.63) is 6.92 Å². The lowest BCUT2D eigenvalue weighted by Gasteiger charge is -1.97. The van der Waals surface area contributed by atoms with Gasteiger partial charge in [-0.15, -0.1) is 0 Å². The molecule has 1 heteroatoms. The summed E-state index contributed by atoms with van der Waals surface area (Å²) in [5.41, 5.74) is 0. The lowest BCUT2D eigenvalue weighted by atomic mass is 10.1. The van der Waals surface area contributed by atoms with Crippen LogP contribution in [-0.4, -0.2) is 6.17 Å². The van der Waals surface area contributed by atoms with Crippen molar-refractivity contribution in [2.75, 3.05) is 0 Å². The molecule has 0 aromatic carbocycles. The molecule has 0 nitrogen and oxygen atoms in total. The molecule has 49 valence electrons. The molecule has 8 heavy (non-hydrogen) atoms. The predicted molar refractivity (Wildman–Crippen MR) is 34.4 cm³/mol. The summed E-state index contributed by atoms with van der Waals surface area (Å²) in [6.07, 6.45) is 3.07. The van der Waals surface area contributed by atoms with Crippen LogP contribution in [0.25, 0.3) is 0 Å². The number of rotatable bonds is 4. The second kappa shape index (κ2) is 5.07. The summed E-state index contributed by atoms with van der Waals surface area (Å²) in [6.45, 7) is 5.35. The fourth-order valence-electron chi connectivity index (χ4n) is 0.616. The number of alkyl halides is 1. The van der Waals surface area contributed by atoms with Crippen LogP contribution in [0, 0.1) is 6.92 Å². The minimum atomic E-state index is -0.846. The second-order valence-corrected chi connectivity index (χ2v) is 2.09. The standard InChI is InChI=1S/C7H14F/c1-3-4-5-6-7(2)8/h7H,2-6H2,1H3/t7-/m0/s1. The molecule has 0 unspecified atom stereocenters. The molecule has 0 N–H and O–H groups in total. The Hall–Kier alpha value is -0.0700. The van der Waals surface area contributed by atoms with Gasteiger partial charge in [0.05, 0.1) is 0 Å². The average Bonchev–Trinajstić information content (AvgIpc) is 1.66. The van der Waals surface area contributed by atoms with E-state index in [1.165, 1.54) is 0 Å². The quantitative estimate of drug-likeness (QED) is 0.497. The fraction of sp³-hybridized carbons (Fsp3) is 0.857. The molecule has 0 heterocycles. The first-order valence-corrected chi connectivity index (χ1v) is 3.24. The summed E-state index contributed by atoms with van der Waals surface area (Å²) in [5, 5.41) is 0. The molecule has 0 spiro atoms. The Morgan fingerprint density at radius 2 is 2.12 bits per heavy atom. The Labute approximate surface area is 51.1 Å². The molecule has 0 saturated carbocycles. The van der Waals surface area contributed by atoms with Gasteiger partial charge in [0, 0.05) is 0 Å². The van der Waals surface area contributed by atoms with Gasteiger partial charge in [-0.1, -0.05) is 26.2 Å². The summed E-state index contributed by atoms with van der Waals surface area (Å²) >= 11 is 0. The minimum absolute atomic E-state index is 0.633. The highest BCUT2D eigenvalue weighted by molar-refractivity contribution is 4.56. The Morgan fingerprint density at radius 3 is 2.50 bits per heavy atom. The van der Waals surface area contributed by atoms with Crippen LogP contribution in [0.4, 0.5) is 4.39 Å². The molecule has 0 aliphatic rings. The lowest BCUT2D eigenvalue weighted by Crippen LogP contribution is -1.90. The van der Waals surface area contributed by atoms with Crippen LogP contribution in [0.2, 0.25) is 0 Å². The van der Waals surface area contributed by atoms with Crippen LogP contribution in [0.5, 0.6) is 0 Å². The van der Waals surface area contributed by atoms with Crippen molar-refractivity contribution in [3.8, 4) is 0 Å². The van der Waals surface area contributed by atoms with Gasteiger partial charge in [0.1, 0.15) is 6.17 Å². The Morgan fingerprint density at radius 1 is 1.50 bits per heavy atom. The van der Waals surface area contributed by atoms with Gasteiger partial charge in [0.25, 0.3) is 0 Å². The molecule has 0 amide bonds. The van der Waals surface area contributed by atoms with Crippen molar-refractivity contribution in [1.82, 2.24) is 0 Å². The summed E-state index contributed by atoms with van der Waals surface area (Å²) in [7, 11) is 0. The largest absolute Gasteiger partial charge is 0.247 e. The second-order valence-electron chi connectivity index (χ2n) is 2.09. The van der Waals surface area contributed by atoms with Crippen molar-refractivity contribution in [2.24, 2.45) is 0 Å². The van der Waals surface area contributed by atoms with Gasteiger partial charge in [-0.25, -0.2) is 4.39 Å². The van der Waals surface area contributed by atoms with Gasteiger partial charge in [-0.05, 0) is 13.3 Å². The molecule has 1 radical (unpaired) electrons. The smallest absolute Gasteiger partial charge is 0.100 e. The highest BCUT2D eigenvalue weighted by Gasteiger charge is 1.94. The Bertz CT molecular complexity index is 41.7. The van der Waals surface area contributed by atoms with E-state index in [1.807, 2.05) is 0 Å². The van der Waals surface area contributed by atoms with Crippen LogP contribution < -0.4 is 0 Å². The van der Waals surface area contributed by atoms with Gasteiger partial charge in [-0.2, -0.15) is 0 Å². The number of halogens is 1. The molecule has 1 atom stereocenters. The van der Waals surface area contributed by atoms with E-state index >= 15 is 0 Å². The van der Waals surface area contributed by atoms with E-state index in [4.69, 9.17) is 0 Å². The van der Waals surface area contributed by atoms with Crippen LogP contribution >= 0.6 is 0 Å². The number of hydrogen-bond donors (Lipinski definition) is 0. The molecule has 0 saturated heterocycles. The van der Waals surface area contributed by atoms with E-state index in [1.54, 1.807) is 0 Å². The highest BCUT2D eigenvalue weighted by Crippen LogP contribution is 2.04. The average molecular weight is 117 g/mol. The van der Waals surface area contributed by atoms with Crippen molar-refractivity contribution >= 4 is 0 Å². The minimum Gasteiger partial charge on any atom is -0.247 e.